The number of nitrogens with zero attached hydrogens (tertiary/aromatic N) is 1. The molecule has 4 aromatic rings. The molecule has 4 rings (SSSR count). The molecule has 2 N–H and O–H groups in total. The Labute approximate surface area is 168 Å². The molecule has 2 aromatic heterocycles. The van der Waals surface area contributed by atoms with Crippen molar-refractivity contribution in [3.8, 4) is 0 Å². The van der Waals surface area contributed by atoms with Gasteiger partial charge in [-0.1, -0.05) is 36.4 Å². The topological polar surface area (TPSA) is 48.1 Å². The smallest absolute Gasteiger partial charge is 0.261 e. The zero-order chi connectivity index (χ0) is 19.5. The number of aromatic nitrogens is 1. The Morgan fingerprint density at radius 2 is 1.86 bits per heavy atom. The fourth-order valence-corrected chi connectivity index (χ4v) is 4.12. The lowest BCUT2D eigenvalue weighted by Crippen LogP contribution is -2.28. The highest BCUT2D eigenvalue weighted by atomic mass is 32.1. The highest BCUT2D eigenvalue weighted by molar-refractivity contribution is 7.12. The number of nitrogens with one attached hydrogen (secondary N) is 2. The van der Waals surface area contributed by atoms with Crippen LogP contribution < -0.4 is 10.2 Å². The number of hydrogen-bond acceptors (Lipinski definition) is 3. The van der Waals surface area contributed by atoms with Gasteiger partial charge in [0.2, 0.25) is 0 Å². The molecular formula is C23H23N3OS. The molecule has 5 heteroatoms. The number of anilines is 1. The van der Waals surface area contributed by atoms with Gasteiger partial charge in [-0.2, -0.15) is 0 Å². The third kappa shape index (κ3) is 3.66. The number of para-hydroxylation sites is 1. The summed E-state index contributed by atoms with van der Waals surface area (Å²) in [4.78, 5) is 18.7. The number of carbonyl (C=O) groups is 1. The Bertz CT molecular complexity index is 1060. The monoisotopic (exact) mass is 389 g/mol. The van der Waals surface area contributed by atoms with Crippen LogP contribution in [0.4, 0.5) is 5.69 Å². The van der Waals surface area contributed by atoms with E-state index < -0.39 is 0 Å². The minimum Gasteiger partial charge on any atom is -0.378 e. The Hall–Kier alpha value is -3.05. The lowest BCUT2D eigenvalue weighted by molar-refractivity contribution is 0.0956. The van der Waals surface area contributed by atoms with Gasteiger partial charge >= 0.3 is 0 Å². The summed E-state index contributed by atoms with van der Waals surface area (Å²) >= 11 is 1.46. The number of thiophene rings is 1. The molecule has 0 spiro atoms. The average molecular weight is 390 g/mol. The van der Waals surface area contributed by atoms with E-state index in [-0.39, 0.29) is 11.8 Å². The summed E-state index contributed by atoms with van der Waals surface area (Å²) in [5.74, 6) is 0.0426. The van der Waals surface area contributed by atoms with E-state index in [0.717, 1.165) is 16.1 Å². The Kier molecular flexibility index (Phi) is 5.17. The lowest BCUT2D eigenvalue weighted by atomic mass is 9.90. The molecule has 1 amide bonds. The molecule has 1 atom stereocenters. The van der Waals surface area contributed by atoms with Gasteiger partial charge in [0.1, 0.15) is 0 Å². The second-order valence-corrected chi connectivity index (χ2v) is 7.96. The summed E-state index contributed by atoms with van der Waals surface area (Å²) in [7, 11) is 4.07. The van der Waals surface area contributed by atoms with Crippen molar-refractivity contribution in [1.82, 2.24) is 10.3 Å². The zero-order valence-corrected chi connectivity index (χ0v) is 16.8. The number of H-pyrrole nitrogens is 1. The Morgan fingerprint density at radius 3 is 2.57 bits per heavy atom. The normalized spacial score (nSPS) is 12.1. The van der Waals surface area contributed by atoms with Crippen molar-refractivity contribution in [2.24, 2.45) is 0 Å². The van der Waals surface area contributed by atoms with Gasteiger partial charge in [0.15, 0.2) is 0 Å². The SMILES string of the molecule is CN(C)c1ccc(C(CNC(=O)c2cccs2)c2c[nH]c3ccccc23)cc1. The first kappa shape index (κ1) is 18.3. The Balaban J connectivity index is 1.67. The molecule has 0 aliphatic rings. The third-order valence-electron chi connectivity index (χ3n) is 5.02. The van der Waals surface area contributed by atoms with Crippen LogP contribution in [-0.2, 0) is 0 Å². The van der Waals surface area contributed by atoms with Crippen LogP contribution >= 0.6 is 11.3 Å². The first-order valence-electron chi connectivity index (χ1n) is 9.28. The van der Waals surface area contributed by atoms with Gasteiger partial charge in [-0.25, -0.2) is 0 Å². The predicted octanol–water partition coefficient (Wildman–Crippen LogP) is 4.86. The number of benzene rings is 2. The zero-order valence-electron chi connectivity index (χ0n) is 16.0. The molecule has 2 aromatic carbocycles. The van der Waals surface area contributed by atoms with Crippen LogP contribution in [0.5, 0.6) is 0 Å². The molecular weight excluding hydrogens is 366 g/mol. The van der Waals surface area contributed by atoms with Gasteiger partial charge in [0, 0.05) is 49.3 Å². The van der Waals surface area contributed by atoms with E-state index in [4.69, 9.17) is 0 Å². The van der Waals surface area contributed by atoms with Crippen LogP contribution in [0.2, 0.25) is 0 Å². The highest BCUT2D eigenvalue weighted by Gasteiger charge is 2.20. The maximum Gasteiger partial charge on any atom is 0.261 e. The average Bonchev–Trinajstić information content (AvgIpc) is 3.39. The molecule has 0 aliphatic heterocycles. The van der Waals surface area contributed by atoms with Crippen molar-refractivity contribution in [1.29, 1.82) is 0 Å². The molecule has 0 radical (unpaired) electrons. The molecule has 0 saturated carbocycles. The molecule has 142 valence electrons. The molecule has 0 bridgehead atoms. The van der Waals surface area contributed by atoms with E-state index in [1.165, 1.54) is 27.8 Å². The summed E-state index contributed by atoms with van der Waals surface area (Å²) in [6.07, 6.45) is 2.06. The minimum atomic E-state index is -0.0234. The molecule has 0 saturated heterocycles. The summed E-state index contributed by atoms with van der Waals surface area (Å²) < 4.78 is 0. The second kappa shape index (κ2) is 7.90. The summed E-state index contributed by atoms with van der Waals surface area (Å²) in [6, 6.07) is 20.6. The Morgan fingerprint density at radius 1 is 1.07 bits per heavy atom. The van der Waals surface area contributed by atoms with Crippen molar-refractivity contribution in [2.45, 2.75) is 5.92 Å². The molecule has 28 heavy (non-hydrogen) atoms. The van der Waals surface area contributed by atoms with Crippen LogP contribution in [0.15, 0.2) is 72.2 Å². The number of rotatable bonds is 6. The van der Waals surface area contributed by atoms with Gasteiger partial charge in [0.25, 0.3) is 5.91 Å². The molecule has 2 heterocycles. The van der Waals surface area contributed by atoms with Crippen LogP contribution in [0.3, 0.4) is 0 Å². The lowest BCUT2D eigenvalue weighted by Gasteiger charge is -2.20. The molecule has 0 fully saturated rings. The van der Waals surface area contributed by atoms with Crippen molar-refractivity contribution in [3.05, 3.63) is 88.2 Å². The number of aromatic amines is 1. The predicted molar refractivity (Wildman–Crippen MR) is 118 cm³/mol. The van der Waals surface area contributed by atoms with E-state index in [2.05, 4.69) is 63.9 Å². The molecule has 1 unspecified atom stereocenters. The maximum atomic E-state index is 12.5. The van der Waals surface area contributed by atoms with Crippen molar-refractivity contribution >= 4 is 33.8 Å². The number of hydrogen-bond donors (Lipinski definition) is 2. The maximum absolute atomic E-state index is 12.5. The second-order valence-electron chi connectivity index (χ2n) is 7.02. The first-order chi connectivity index (χ1) is 13.6. The highest BCUT2D eigenvalue weighted by Crippen LogP contribution is 2.31. The molecule has 4 nitrogen and oxygen atoms in total. The summed E-state index contributed by atoms with van der Waals surface area (Å²) in [5, 5.41) is 6.23. The summed E-state index contributed by atoms with van der Waals surface area (Å²) in [5.41, 5.74) is 4.64. The largest absolute Gasteiger partial charge is 0.378 e. The fourth-order valence-electron chi connectivity index (χ4n) is 3.48. The molecule has 0 aliphatic carbocycles. The van der Waals surface area contributed by atoms with E-state index in [9.17, 15) is 4.79 Å². The quantitative estimate of drug-likeness (QED) is 0.495. The van der Waals surface area contributed by atoms with E-state index in [0.29, 0.717) is 6.54 Å². The van der Waals surface area contributed by atoms with Gasteiger partial charge in [0.05, 0.1) is 4.88 Å². The van der Waals surface area contributed by atoms with Gasteiger partial charge in [-0.3, -0.25) is 4.79 Å². The van der Waals surface area contributed by atoms with Crippen LogP contribution in [-0.4, -0.2) is 31.5 Å². The van der Waals surface area contributed by atoms with Gasteiger partial charge in [-0.15, -0.1) is 11.3 Å². The van der Waals surface area contributed by atoms with Crippen molar-refractivity contribution in [3.63, 3.8) is 0 Å². The number of carbonyl (C=O) groups excluding carboxylic acids is 1. The van der Waals surface area contributed by atoms with Gasteiger partial charge in [-0.05, 0) is 40.8 Å². The third-order valence-corrected chi connectivity index (χ3v) is 5.89. The number of amides is 1. The van der Waals surface area contributed by atoms with Gasteiger partial charge < -0.3 is 15.2 Å². The first-order valence-corrected chi connectivity index (χ1v) is 10.2. The fraction of sp³-hybridized carbons (Fsp3) is 0.174. The number of fused-ring (bicyclic) bond motifs is 1. The standard InChI is InChI=1S/C23H23N3OS/c1-26(2)17-11-9-16(10-12-17)19(14-25-23(27)22-8-5-13-28-22)20-15-24-21-7-4-3-6-18(20)21/h3-13,15,19,24H,14H2,1-2H3,(H,25,27). The van der Waals surface area contributed by atoms with E-state index in [1.54, 1.807) is 0 Å². The minimum absolute atomic E-state index is 0.0234. The van der Waals surface area contributed by atoms with Crippen molar-refractivity contribution < 1.29 is 4.79 Å². The van der Waals surface area contributed by atoms with E-state index in [1.807, 2.05) is 37.7 Å². The van der Waals surface area contributed by atoms with Crippen LogP contribution in [0, 0.1) is 0 Å². The van der Waals surface area contributed by atoms with E-state index >= 15 is 0 Å². The van der Waals surface area contributed by atoms with Crippen LogP contribution in [0.25, 0.3) is 10.9 Å². The van der Waals surface area contributed by atoms with Crippen LogP contribution in [0.1, 0.15) is 26.7 Å². The van der Waals surface area contributed by atoms with Crippen molar-refractivity contribution in [2.75, 3.05) is 25.5 Å². The summed E-state index contributed by atoms with van der Waals surface area (Å²) in [6.45, 7) is 0.542.